The standard InChI is InChI=1S/C19H24N2O3S/c1-2-23-16-5-7-17(8-6-16)24-15-19(22)21-11-9-20(10-12-21)14-18-4-3-13-25-18/h3-8,13H,2,9-12,14-15H2,1H3. The van der Waals surface area contributed by atoms with Gasteiger partial charge in [0.15, 0.2) is 6.61 Å². The van der Waals surface area contributed by atoms with Crippen molar-refractivity contribution in [3.63, 3.8) is 0 Å². The Morgan fingerprint density at radius 3 is 2.32 bits per heavy atom. The molecule has 0 unspecified atom stereocenters. The second kappa shape index (κ2) is 8.87. The van der Waals surface area contributed by atoms with Crippen LogP contribution in [0.15, 0.2) is 41.8 Å². The average molecular weight is 360 g/mol. The van der Waals surface area contributed by atoms with Gasteiger partial charge in [-0.25, -0.2) is 0 Å². The van der Waals surface area contributed by atoms with E-state index < -0.39 is 0 Å². The molecular formula is C19H24N2O3S. The summed E-state index contributed by atoms with van der Waals surface area (Å²) in [5, 5.41) is 2.10. The van der Waals surface area contributed by atoms with Crippen LogP contribution in [-0.4, -0.2) is 55.1 Å². The summed E-state index contributed by atoms with van der Waals surface area (Å²) in [6.07, 6.45) is 0. The zero-order chi connectivity index (χ0) is 17.5. The first-order valence-corrected chi connectivity index (χ1v) is 9.50. The highest BCUT2D eigenvalue weighted by Crippen LogP contribution is 2.18. The Labute approximate surface area is 152 Å². The number of carbonyl (C=O) groups is 1. The first-order chi connectivity index (χ1) is 12.2. The lowest BCUT2D eigenvalue weighted by atomic mass is 10.3. The number of ether oxygens (including phenoxy) is 2. The van der Waals surface area contributed by atoms with Crippen LogP contribution in [-0.2, 0) is 11.3 Å². The van der Waals surface area contributed by atoms with Crippen molar-refractivity contribution in [2.45, 2.75) is 13.5 Å². The fraction of sp³-hybridized carbons (Fsp3) is 0.421. The number of benzene rings is 1. The van der Waals surface area contributed by atoms with Gasteiger partial charge in [0.25, 0.3) is 5.91 Å². The van der Waals surface area contributed by atoms with E-state index in [1.807, 2.05) is 36.1 Å². The SMILES string of the molecule is CCOc1ccc(OCC(=O)N2CCN(Cc3cccs3)CC2)cc1. The van der Waals surface area contributed by atoms with Gasteiger partial charge >= 0.3 is 0 Å². The van der Waals surface area contributed by atoms with Gasteiger partial charge in [-0.1, -0.05) is 6.07 Å². The molecule has 25 heavy (non-hydrogen) atoms. The Hall–Kier alpha value is -2.05. The van der Waals surface area contributed by atoms with Crippen molar-refractivity contribution in [3.05, 3.63) is 46.7 Å². The monoisotopic (exact) mass is 360 g/mol. The Balaban J connectivity index is 1.40. The van der Waals surface area contributed by atoms with Gasteiger partial charge in [0.05, 0.1) is 6.61 Å². The number of hydrogen-bond acceptors (Lipinski definition) is 5. The lowest BCUT2D eigenvalue weighted by molar-refractivity contribution is -0.135. The fourth-order valence-corrected chi connectivity index (χ4v) is 3.56. The van der Waals surface area contributed by atoms with Crippen LogP contribution in [0.3, 0.4) is 0 Å². The Morgan fingerprint density at radius 2 is 1.72 bits per heavy atom. The molecule has 0 aliphatic carbocycles. The third-order valence-electron chi connectivity index (χ3n) is 4.18. The molecule has 2 heterocycles. The van der Waals surface area contributed by atoms with Gasteiger partial charge in [-0.3, -0.25) is 9.69 Å². The summed E-state index contributed by atoms with van der Waals surface area (Å²) >= 11 is 1.78. The van der Waals surface area contributed by atoms with E-state index in [1.54, 1.807) is 11.3 Å². The maximum atomic E-state index is 12.3. The molecule has 134 valence electrons. The summed E-state index contributed by atoms with van der Waals surface area (Å²) in [7, 11) is 0. The van der Waals surface area contributed by atoms with E-state index in [0.717, 1.165) is 38.5 Å². The largest absolute Gasteiger partial charge is 0.494 e. The van der Waals surface area contributed by atoms with E-state index in [9.17, 15) is 4.79 Å². The van der Waals surface area contributed by atoms with Gasteiger partial charge < -0.3 is 14.4 Å². The Bertz CT molecular complexity index is 650. The molecule has 0 spiro atoms. The molecule has 1 aromatic carbocycles. The highest BCUT2D eigenvalue weighted by molar-refractivity contribution is 7.09. The predicted molar refractivity (Wildman–Crippen MR) is 99.3 cm³/mol. The average Bonchev–Trinajstić information content (AvgIpc) is 3.15. The molecule has 0 radical (unpaired) electrons. The molecule has 0 atom stereocenters. The van der Waals surface area contributed by atoms with Crippen molar-refractivity contribution in [1.29, 1.82) is 0 Å². The zero-order valence-electron chi connectivity index (χ0n) is 14.5. The number of hydrogen-bond donors (Lipinski definition) is 0. The van der Waals surface area contributed by atoms with E-state index in [4.69, 9.17) is 9.47 Å². The molecule has 0 N–H and O–H groups in total. The summed E-state index contributed by atoms with van der Waals surface area (Å²) in [6.45, 7) is 6.98. The molecule has 1 saturated heterocycles. The second-order valence-corrected chi connectivity index (χ2v) is 6.96. The van der Waals surface area contributed by atoms with Gasteiger partial charge in [-0.15, -0.1) is 11.3 Å². The Morgan fingerprint density at radius 1 is 1.04 bits per heavy atom. The van der Waals surface area contributed by atoms with Crippen LogP contribution in [0.2, 0.25) is 0 Å². The topological polar surface area (TPSA) is 42.0 Å². The zero-order valence-corrected chi connectivity index (χ0v) is 15.3. The van der Waals surface area contributed by atoms with Gasteiger partial charge in [0.1, 0.15) is 11.5 Å². The van der Waals surface area contributed by atoms with Crippen molar-refractivity contribution in [2.75, 3.05) is 39.4 Å². The first-order valence-electron chi connectivity index (χ1n) is 8.63. The Kier molecular flexibility index (Phi) is 6.30. The molecule has 1 aliphatic rings. The summed E-state index contributed by atoms with van der Waals surface area (Å²) in [5.41, 5.74) is 0. The van der Waals surface area contributed by atoms with E-state index in [0.29, 0.717) is 12.4 Å². The van der Waals surface area contributed by atoms with Crippen LogP contribution in [0.5, 0.6) is 11.5 Å². The van der Waals surface area contributed by atoms with Crippen LogP contribution in [0.4, 0.5) is 0 Å². The second-order valence-electron chi connectivity index (χ2n) is 5.93. The van der Waals surface area contributed by atoms with Crippen molar-refractivity contribution in [1.82, 2.24) is 9.80 Å². The number of rotatable bonds is 7. The number of amides is 1. The van der Waals surface area contributed by atoms with E-state index in [1.165, 1.54) is 4.88 Å². The minimum atomic E-state index is 0.0460. The highest BCUT2D eigenvalue weighted by Gasteiger charge is 2.21. The number of piperazine rings is 1. The highest BCUT2D eigenvalue weighted by atomic mass is 32.1. The molecule has 3 rings (SSSR count). The first kappa shape index (κ1) is 17.8. The van der Waals surface area contributed by atoms with Gasteiger partial charge in [-0.2, -0.15) is 0 Å². The van der Waals surface area contributed by atoms with Crippen molar-refractivity contribution < 1.29 is 14.3 Å². The maximum Gasteiger partial charge on any atom is 0.260 e. The quantitative estimate of drug-likeness (QED) is 0.761. The van der Waals surface area contributed by atoms with Gasteiger partial charge in [0, 0.05) is 37.6 Å². The predicted octanol–water partition coefficient (Wildman–Crippen LogP) is 2.87. The van der Waals surface area contributed by atoms with Crippen molar-refractivity contribution >= 4 is 17.2 Å². The van der Waals surface area contributed by atoms with E-state index >= 15 is 0 Å². The molecule has 1 aromatic heterocycles. The summed E-state index contributed by atoms with van der Waals surface area (Å²) in [6, 6.07) is 11.6. The van der Waals surface area contributed by atoms with Crippen LogP contribution < -0.4 is 9.47 Å². The van der Waals surface area contributed by atoms with Crippen LogP contribution in [0.1, 0.15) is 11.8 Å². The normalized spacial score (nSPS) is 15.2. The molecule has 0 bridgehead atoms. The molecular weight excluding hydrogens is 336 g/mol. The van der Waals surface area contributed by atoms with E-state index in [-0.39, 0.29) is 12.5 Å². The molecule has 5 nitrogen and oxygen atoms in total. The molecule has 1 fully saturated rings. The third kappa shape index (κ3) is 5.21. The van der Waals surface area contributed by atoms with Crippen molar-refractivity contribution in [2.24, 2.45) is 0 Å². The molecule has 1 aliphatic heterocycles. The number of nitrogens with zero attached hydrogens (tertiary/aromatic N) is 2. The van der Waals surface area contributed by atoms with Gasteiger partial charge in [0.2, 0.25) is 0 Å². The maximum absolute atomic E-state index is 12.3. The minimum absolute atomic E-state index is 0.0460. The van der Waals surface area contributed by atoms with Crippen LogP contribution in [0, 0.1) is 0 Å². The molecule has 2 aromatic rings. The summed E-state index contributed by atoms with van der Waals surface area (Å²) in [5.74, 6) is 1.54. The van der Waals surface area contributed by atoms with Crippen LogP contribution in [0.25, 0.3) is 0 Å². The minimum Gasteiger partial charge on any atom is -0.494 e. The third-order valence-corrected chi connectivity index (χ3v) is 5.04. The van der Waals surface area contributed by atoms with E-state index in [2.05, 4.69) is 22.4 Å². The van der Waals surface area contributed by atoms with Crippen molar-refractivity contribution in [3.8, 4) is 11.5 Å². The smallest absolute Gasteiger partial charge is 0.260 e. The molecule has 0 saturated carbocycles. The number of thiophene rings is 1. The van der Waals surface area contributed by atoms with Crippen LogP contribution >= 0.6 is 11.3 Å². The molecule has 6 heteroatoms. The molecule has 1 amide bonds. The summed E-state index contributed by atoms with van der Waals surface area (Å²) < 4.78 is 11.0. The lowest BCUT2D eigenvalue weighted by Crippen LogP contribution is -2.49. The summed E-state index contributed by atoms with van der Waals surface area (Å²) in [4.78, 5) is 18.0. The van der Waals surface area contributed by atoms with Gasteiger partial charge in [-0.05, 0) is 42.6 Å². The lowest BCUT2D eigenvalue weighted by Gasteiger charge is -2.34. The number of carbonyl (C=O) groups excluding carboxylic acids is 1. The fourth-order valence-electron chi connectivity index (χ4n) is 2.81.